The van der Waals surface area contributed by atoms with Crippen molar-refractivity contribution in [1.29, 1.82) is 0 Å². The highest BCUT2D eigenvalue weighted by molar-refractivity contribution is 5.97. The van der Waals surface area contributed by atoms with Crippen LogP contribution >= 0.6 is 0 Å². The molecule has 26 heavy (non-hydrogen) atoms. The highest BCUT2D eigenvalue weighted by Gasteiger charge is 2.17. The number of methoxy groups -OCH3 is 3. The zero-order chi connectivity index (χ0) is 19.3. The Morgan fingerprint density at radius 1 is 0.962 bits per heavy atom. The van der Waals surface area contributed by atoms with Crippen LogP contribution in [0.3, 0.4) is 0 Å². The van der Waals surface area contributed by atoms with Crippen LogP contribution < -0.4 is 24.8 Å². The average molecular weight is 358 g/mol. The van der Waals surface area contributed by atoms with Crippen LogP contribution in [-0.2, 0) is 4.79 Å². The molecule has 0 fully saturated rings. The van der Waals surface area contributed by atoms with Gasteiger partial charge in [0, 0.05) is 23.5 Å². The Balaban J connectivity index is 2.15. The maximum atomic E-state index is 12.5. The molecule has 2 aromatic carbocycles. The van der Waals surface area contributed by atoms with Gasteiger partial charge in [-0.25, -0.2) is 0 Å². The number of hydrogen-bond donors (Lipinski definition) is 2. The molecule has 0 saturated carbocycles. The third-order valence-electron chi connectivity index (χ3n) is 4.08. The summed E-state index contributed by atoms with van der Waals surface area (Å²) in [5, 5.41) is 6.11. The predicted octanol–water partition coefficient (Wildman–Crippen LogP) is 3.77. The number of nitrogens with one attached hydrogen (secondary N) is 2. The van der Waals surface area contributed by atoms with Crippen LogP contribution in [0.25, 0.3) is 0 Å². The van der Waals surface area contributed by atoms with E-state index in [-0.39, 0.29) is 5.91 Å². The molecule has 0 radical (unpaired) electrons. The first-order valence-corrected chi connectivity index (χ1v) is 8.34. The lowest BCUT2D eigenvalue weighted by molar-refractivity contribution is -0.116. The van der Waals surface area contributed by atoms with Crippen molar-refractivity contribution in [3.63, 3.8) is 0 Å². The molecule has 0 spiro atoms. The number of ether oxygens (including phenoxy) is 3. The molecular weight excluding hydrogens is 332 g/mol. The molecule has 2 rings (SSSR count). The molecule has 0 heterocycles. The quantitative estimate of drug-likeness (QED) is 0.788. The highest BCUT2D eigenvalue weighted by atomic mass is 16.5. The van der Waals surface area contributed by atoms with Crippen molar-refractivity contribution in [2.45, 2.75) is 26.8 Å². The summed E-state index contributed by atoms with van der Waals surface area (Å²) in [6, 6.07) is 8.99. The molecular formula is C20H26N2O4. The normalized spacial score (nSPS) is 11.5. The SMILES string of the molecule is COc1cc(NC(C)C(=O)Nc2ccc(C)cc2C)cc(OC)c1OC. The standard InChI is InChI=1S/C20H26N2O4/c1-12-7-8-16(13(2)9-12)22-20(23)14(3)21-15-10-17(24-4)19(26-6)18(11-15)25-5/h7-11,14,21H,1-6H3,(H,22,23). The van der Waals surface area contributed by atoms with Gasteiger partial charge < -0.3 is 24.8 Å². The second kappa shape index (κ2) is 8.47. The van der Waals surface area contributed by atoms with Crippen LogP contribution in [-0.4, -0.2) is 33.3 Å². The fraction of sp³-hybridized carbons (Fsp3) is 0.350. The summed E-state index contributed by atoms with van der Waals surface area (Å²) < 4.78 is 16.0. The zero-order valence-electron chi connectivity index (χ0n) is 16.1. The van der Waals surface area contributed by atoms with Crippen LogP contribution in [0.5, 0.6) is 17.2 Å². The van der Waals surface area contributed by atoms with Crippen molar-refractivity contribution < 1.29 is 19.0 Å². The van der Waals surface area contributed by atoms with Gasteiger partial charge in [0.2, 0.25) is 11.7 Å². The number of amides is 1. The van der Waals surface area contributed by atoms with Crippen molar-refractivity contribution in [1.82, 2.24) is 0 Å². The Labute approximate surface area is 154 Å². The van der Waals surface area contributed by atoms with Gasteiger partial charge >= 0.3 is 0 Å². The van der Waals surface area contributed by atoms with E-state index in [9.17, 15) is 4.79 Å². The topological polar surface area (TPSA) is 68.8 Å². The number of carbonyl (C=O) groups is 1. The molecule has 0 aromatic heterocycles. The molecule has 140 valence electrons. The van der Waals surface area contributed by atoms with E-state index in [1.807, 2.05) is 32.0 Å². The van der Waals surface area contributed by atoms with E-state index in [0.717, 1.165) is 16.8 Å². The minimum absolute atomic E-state index is 0.134. The second-order valence-corrected chi connectivity index (χ2v) is 6.09. The van der Waals surface area contributed by atoms with Crippen LogP contribution in [0.4, 0.5) is 11.4 Å². The van der Waals surface area contributed by atoms with Crippen molar-refractivity contribution in [3.8, 4) is 17.2 Å². The number of aryl methyl sites for hydroxylation is 2. The minimum atomic E-state index is -0.460. The van der Waals surface area contributed by atoms with Gasteiger partial charge in [-0.3, -0.25) is 4.79 Å². The van der Waals surface area contributed by atoms with Crippen molar-refractivity contribution >= 4 is 17.3 Å². The lowest BCUT2D eigenvalue weighted by Crippen LogP contribution is -2.32. The predicted molar refractivity (Wildman–Crippen MR) is 104 cm³/mol. The summed E-state index contributed by atoms with van der Waals surface area (Å²) in [6.45, 7) is 5.79. The third-order valence-corrected chi connectivity index (χ3v) is 4.08. The van der Waals surface area contributed by atoms with Crippen LogP contribution in [0.15, 0.2) is 30.3 Å². The molecule has 1 amide bonds. The fourth-order valence-electron chi connectivity index (χ4n) is 2.67. The number of anilines is 2. The molecule has 0 aliphatic heterocycles. The smallest absolute Gasteiger partial charge is 0.246 e. The van der Waals surface area contributed by atoms with Crippen molar-refractivity contribution in [2.75, 3.05) is 32.0 Å². The van der Waals surface area contributed by atoms with E-state index in [1.54, 1.807) is 40.4 Å². The fourth-order valence-corrected chi connectivity index (χ4v) is 2.67. The molecule has 0 bridgehead atoms. The summed E-state index contributed by atoms with van der Waals surface area (Å²) in [7, 11) is 4.65. The van der Waals surface area contributed by atoms with Gasteiger partial charge in [-0.15, -0.1) is 0 Å². The summed E-state index contributed by atoms with van der Waals surface area (Å²) in [4.78, 5) is 12.5. The van der Waals surface area contributed by atoms with Crippen LogP contribution in [0.2, 0.25) is 0 Å². The summed E-state index contributed by atoms with van der Waals surface area (Å²) in [6.07, 6.45) is 0. The number of hydrogen-bond acceptors (Lipinski definition) is 5. The van der Waals surface area contributed by atoms with E-state index in [4.69, 9.17) is 14.2 Å². The first-order chi connectivity index (χ1) is 12.4. The highest BCUT2D eigenvalue weighted by Crippen LogP contribution is 2.40. The van der Waals surface area contributed by atoms with Crippen molar-refractivity contribution in [2.24, 2.45) is 0 Å². The second-order valence-electron chi connectivity index (χ2n) is 6.09. The molecule has 1 atom stereocenters. The van der Waals surface area contributed by atoms with E-state index in [1.165, 1.54) is 0 Å². The van der Waals surface area contributed by atoms with Crippen molar-refractivity contribution in [3.05, 3.63) is 41.5 Å². The monoisotopic (exact) mass is 358 g/mol. The van der Waals surface area contributed by atoms with E-state index < -0.39 is 6.04 Å². The molecule has 2 N–H and O–H groups in total. The van der Waals surface area contributed by atoms with E-state index in [0.29, 0.717) is 22.9 Å². The van der Waals surface area contributed by atoms with Crippen LogP contribution in [0, 0.1) is 13.8 Å². The van der Waals surface area contributed by atoms with Gasteiger partial charge in [0.1, 0.15) is 6.04 Å². The first-order valence-electron chi connectivity index (χ1n) is 8.34. The van der Waals surface area contributed by atoms with Gasteiger partial charge in [-0.2, -0.15) is 0 Å². The molecule has 0 aliphatic rings. The van der Waals surface area contributed by atoms with Gasteiger partial charge in [-0.1, -0.05) is 17.7 Å². The Kier molecular flexibility index (Phi) is 6.33. The zero-order valence-corrected chi connectivity index (χ0v) is 16.1. The molecule has 6 heteroatoms. The van der Waals surface area contributed by atoms with Gasteiger partial charge in [0.05, 0.1) is 21.3 Å². The maximum absolute atomic E-state index is 12.5. The van der Waals surface area contributed by atoms with E-state index >= 15 is 0 Å². The third kappa shape index (κ3) is 4.39. The number of carbonyl (C=O) groups excluding carboxylic acids is 1. The first kappa shape index (κ1) is 19.4. The lowest BCUT2D eigenvalue weighted by atomic mass is 10.1. The maximum Gasteiger partial charge on any atom is 0.246 e. The molecule has 6 nitrogen and oxygen atoms in total. The molecule has 1 unspecified atom stereocenters. The van der Waals surface area contributed by atoms with E-state index in [2.05, 4.69) is 10.6 Å². The minimum Gasteiger partial charge on any atom is -0.493 e. The number of benzene rings is 2. The lowest BCUT2D eigenvalue weighted by Gasteiger charge is -2.19. The number of rotatable bonds is 7. The summed E-state index contributed by atoms with van der Waals surface area (Å²) in [5.74, 6) is 1.42. The molecule has 0 saturated heterocycles. The average Bonchev–Trinajstić information content (AvgIpc) is 2.62. The summed E-state index contributed by atoms with van der Waals surface area (Å²) in [5.41, 5.74) is 3.68. The largest absolute Gasteiger partial charge is 0.493 e. The molecule has 0 aliphatic carbocycles. The Hall–Kier alpha value is -2.89. The van der Waals surface area contributed by atoms with Gasteiger partial charge in [0.15, 0.2) is 11.5 Å². The molecule has 2 aromatic rings. The Morgan fingerprint density at radius 2 is 1.58 bits per heavy atom. The van der Waals surface area contributed by atoms with Gasteiger partial charge in [-0.05, 0) is 32.4 Å². The Bertz CT molecular complexity index is 764. The van der Waals surface area contributed by atoms with Gasteiger partial charge in [0.25, 0.3) is 0 Å². The van der Waals surface area contributed by atoms with Crippen LogP contribution in [0.1, 0.15) is 18.1 Å². The summed E-state index contributed by atoms with van der Waals surface area (Å²) >= 11 is 0. The Morgan fingerprint density at radius 3 is 2.08 bits per heavy atom.